The Bertz CT molecular complexity index is 511. The Morgan fingerprint density at radius 1 is 1.36 bits per heavy atom. The van der Waals surface area contributed by atoms with Crippen LogP contribution in [0.1, 0.15) is 51.3 Å². The molecule has 1 aromatic rings. The Balaban J connectivity index is 1.74. The number of carbonyl (C=O) groups excluding carboxylic acids is 1. The molecule has 0 spiro atoms. The summed E-state index contributed by atoms with van der Waals surface area (Å²) < 4.78 is 5.30. The fraction of sp³-hybridized carbons (Fsp3) is 0.647. The summed E-state index contributed by atoms with van der Waals surface area (Å²) in [6.07, 6.45) is 4.49. The molecule has 5 heteroatoms. The maximum absolute atomic E-state index is 11.8. The molecule has 0 radical (unpaired) electrons. The van der Waals surface area contributed by atoms with E-state index in [0.29, 0.717) is 6.04 Å². The Morgan fingerprint density at radius 2 is 2.09 bits per heavy atom. The van der Waals surface area contributed by atoms with Gasteiger partial charge in [0, 0.05) is 24.8 Å². The van der Waals surface area contributed by atoms with Crippen molar-refractivity contribution in [3.05, 3.63) is 29.6 Å². The molecule has 1 heterocycles. The molecule has 1 aromatic heterocycles. The fourth-order valence-corrected chi connectivity index (χ4v) is 2.72. The quantitative estimate of drug-likeness (QED) is 0.898. The summed E-state index contributed by atoms with van der Waals surface area (Å²) in [5.74, 6) is 0. The molecule has 2 unspecified atom stereocenters. The van der Waals surface area contributed by atoms with Gasteiger partial charge in [0.15, 0.2) is 0 Å². The molecule has 2 N–H and O–H groups in total. The van der Waals surface area contributed by atoms with Crippen LogP contribution in [0.3, 0.4) is 0 Å². The van der Waals surface area contributed by atoms with Crippen LogP contribution in [-0.2, 0) is 11.3 Å². The molecule has 1 aliphatic rings. The van der Waals surface area contributed by atoms with E-state index in [1.807, 2.05) is 33.0 Å². The van der Waals surface area contributed by atoms with Gasteiger partial charge in [-0.2, -0.15) is 0 Å². The number of hydrogen-bond donors (Lipinski definition) is 2. The number of ether oxygens (including phenoxy) is 1. The predicted molar refractivity (Wildman–Crippen MR) is 86.6 cm³/mol. The van der Waals surface area contributed by atoms with Crippen LogP contribution < -0.4 is 10.6 Å². The molecular weight excluding hydrogens is 278 g/mol. The van der Waals surface area contributed by atoms with Gasteiger partial charge in [-0.15, -0.1) is 0 Å². The van der Waals surface area contributed by atoms with Crippen LogP contribution >= 0.6 is 0 Å². The maximum atomic E-state index is 11.8. The van der Waals surface area contributed by atoms with E-state index in [-0.39, 0.29) is 12.1 Å². The van der Waals surface area contributed by atoms with E-state index in [4.69, 9.17) is 4.74 Å². The first-order valence-electron chi connectivity index (χ1n) is 7.97. The molecule has 2 rings (SSSR count). The number of nitrogens with one attached hydrogen (secondary N) is 2. The van der Waals surface area contributed by atoms with Gasteiger partial charge < -0.3 is 15.4 Å². The zero-order valence-corrected chi connectivity index (χ0v) is 14.0. The molecule has 122 valence electrons. The zero-order chi connectivity index (χ0) is 16.2. The van der Waals surface area contributed by atoms with E-state index in [0.717, 1.165) is 31.5 Å². The number of carbonyl (C=O) groups is 1. The van der Waals surface area contributed by atoms with Gasteiger partial charge in [0.1, 0.15) is 5.60 Å². The third-order valence-corrected chi connectivity index (χ3v) is 3.83. The van der Waals surface area contributed by atoms with Crippen molar-refractivity contribution in [2.45, 2.75) is 71.2 Å². The highest BCUT2D eigenvalue weighted by atomic mass is 16.6. The van der Waals surface area contributed by atoms with E-state index in [2.05, 4.69) is 28.6 Å². The average Bonchev–Trinajstić information content (AvgIpc) is 2.83. The number of alkyl carbamates (subject to hydrolysis) is 1. The lowest BCUT2D eigenvalue weighted by Gasteiger charge is -2.21. The summed E-state index contributed by atoms with van der Waals surface area (Å²) in [5, 5.41) is 6.49. The molecule has 2 atom stereocenters. The molecule has 1 saturated carbocycles. The van der Waals surface area contributed by atoms with Gasteiger partial charge in [0.25, 0.3) is 0 Å². The molecule has 1 fully saturated rings. The molecule has 22 heavy (non-hydrogen) atoms. The molecule has 0 bridgehead atoms. The van der Waals surface area contributed by atoms with Gasteiger partial charge in [0.2, 0.25) is 0 Å². The van der Waals surface area contributed by atoms with Crippen molar-refractivity contribution >= 4 is 6.09 Å². The summed E-state index contributed by atoms with van der Waals surface area (Å²) in [6, 6.07) is 4.64. The van der Waals surface area contributed by atoms with Crippen LogP contribution in [0.15, 0.2) is 18.3 Å². The maximum Gasteiger partial charge on any atom is 0.407 e. The predicted octanol–water partition coefficient (Wildman–Crippen LogP) is 2.93. The third kappa shape index (κ3) is 5.30. The van der Waals surface area contributed by atoms with E-state index >= 15 is 0 Å². The number of nitrogens with zero attached hydrogens (tertiary/aromatic N) is 1. The smallest absolute Gasteiger partial charge is 0.407 e. The molecule has 0 aliphatic heterocycles. The number of amides is 1. The Hall–Kier alpha value is -1.62. The Labute approximate surface area is 132 Å². The summed E-state index contributed by atoms with van der Waals surface area (Å²) in [6.45, 7) is 8.48. The molecule has 1 aliphatic carbocycles. The van der Waals surface area contributed by atoms with Crippen LogP contribution in [0.2, 0.25) is 0 Å². The second-order valence-corrected chi connectivity index (χ2v) is 7.00. The first kappa shape index (κ1) is 16.7. The van der Waals surface area contributed by atoms with Crippen LogP contribution in [0.4, 0.5) is 4.79 Å². The standard InChI is InChI=1S/C17H27N3O2/c1-12-6-5-9-18-15(12)11-19-13-7-8-14(10-13)20-16(21)22-17(2,3)4/h5-6,9,13-14,19H,7-8,10-11H2,1-4H3,(H,20,21). The largest absolute Gasteiger partial charge is 0.444 e. The van der Waals surface area contributed by atoms with E-state index in [9.17, 15) is 4.79 Å². The number of hydrogen-bond acceptors (Lipinski definition) is 4. The highest BCUT2D eigenvalue weighted by Crippen LogP contribution is 2.20. The van der Waals surface area contributed by atoms with Crippen molar-refractivity contribution in [3.8, 4) is 0 Å². The highest BCUT2D eigenvalue weighted by Gasteiger charge is 2.27. The van der Waals surface area contributed by atoms with Gasteiger partial charge in [-0.25, -0.2) is 4.79 Å². The monoisotopic (exact) mass is 305 g/mol. The number of aryl methyl sites for hydroxylation is 1. The summed E-state index contributed by atoms with van der Waals surface area (Å²) in [7, 11) is 0. The van der Waals surface area contributed by atoms with E-state index in [1.165, 1.54) is 5.56 Å². The SMILES string of the molecule is Cc1cccnc1CNC1CCC(NC(=O)OC(C)(C)C)C1. The zero-order valence-electron chi connectivity index (χ0n) is 14.0. The lowest BCUT2D eigenvalue weighted by atomic mass is 10.2. The van der Waals surface area contributed by atoms with Crippen LogP contribution in [0, 0.1) is 6.92 Å². The molecule has 0 saturated heterocycles. The fourth-order valence-electron chi connectivity index (χ4n) is 2.72. The first-order valence-corrected chi connectivity index (χ1v) is 7.97. The highest BCUT2D eigenvalue weighted by molar-refractivity contribution is 5.68. The van der Waals surface area contributed by atoms with E-state index < -0.39 is 5.60 Å². The van der Waals surface area contributed by atoms with Crippen molar-refractivity contribution in [2.75, 3.05) is 0 Å². The molecule has 5 nitrogen and oxygen atoms in total. The number of rotatable bonds is 4. The summed E-state index contributed by atoms with van der Waals surface area (Å²) in [4.78, 5) is 16.2. The lowest BCUT2D eigenvalue weighted by molar-refractivity contribution is 0.0505. The van der Waals surface area contributed by atoms with E-state index in [1.54, 1.807) is 0 Å². The van der Waals surface area contributed by atoms with Gasteiger partial charge in [-0.3, -0.25) is 4.98 Å². The minimum absolute atomic E-state index is 0.192. The molecule has 1 amide bonds. The third-order valence-electron chi connectivity index (χ3n) is 3.83. The van der Waals surface area contributed by atoms with Crippen LogP contribution in [0.5, 0.6) is 0 Å². The van der Waals surface area contributed by atoms with Crippen molar-refractivity contribution in [3.63, 3.8) is 0 Å². The summed E-state index contributed by atoms with van der Waals surface area (Å²) in [5.41, 5.74) is 1.85. The second-order valence-electron chi connectivity index (χ2n) is 7.00. The van der Waals surface area contributed by atoms with Gasteiger partial charge in [-0.05, 0) is 58.6 Å². The van der Waals surface area contributed by atoms with Crippen LogP contribution in [-0.4, -0.2) is 28.8 Å². The lowest BCUT2D eigenvalue weighted by Crippen LogP contribution is -2.39. The normalized spacial score (nSPS) is 21.6. The average molecular weight is 305 g/mol. The number of pyridine rings is 1. The van der Waals surface area contributed by atoms with Crippen molar-refractivity contribution in [1.82, 2.24) is 15.6 Å². The Kier molecular flexibility index (Phi) is 5.40. The summed E-state index contributed by atoms with van der Waals surface area (Å²) >= 11 is 0. The molecule has 0 aromatic carbocycles. The van der Waals surface area contributed by atoms with Gasteiger partial charge >= 0.3 is 6.09 Å². The van der Waals surface area contributed by atoms with Crippen molar-refractivity contribution < 1.29 is 9.53 Å². The van der Waals surface area contributed by atoms with Crippen LogP contribution in [0.25, 0.3) is 0 Å². The molecular formula is C17H27N3O2. The van der Waals surface area contributed by atoms with Crippen molar-refractivity contribution in [2.24, 2.45) is 0 Å². The number of aromatic nitrogens is 1. The first-order chi connectivity index (χ1) is 10.3. The van der Waals surface area contributed by atoms with Gasteiger partial charge in [-0.1, -0.05) is 6.07 Å². The Morgan fingerprint density at radius 3 is 2.77 bits per heavy atom. The minimum Gasteiger partial charge on any atom is -0.444 e. The second kappa shape index (κ2) is 7.09. The van der Waals surface area contributed by atoms with Gasteiger partial charge in [0.05, 0.1) is 5.69 Å². The minimum atomic E-state index is -0.448. The van der Waals surface area contributed by atoms with Crippen molar-refractivity contribution in [1.29, 1.82) is 0 Å². The topological polar surface area (TPSA) is 63.2 Å².